The van der Waals surface area contributed by atoms with Crippen LogP contribution in [-0.2, 0) is 53.1 Å². The number of rotatable bonds is 21. The molecular weight excluding hydrogens is 833 g/mol. The summed E-state index contributed by atoms with van der Waals surface area (Å²) in [5, 5.41) is 0.0394. The summed E-state index contributed by atoms with van der Waals surface area (Å²) in [5.74, 6) is -0.585. The molecule has 0 saturated carbocycles. The van der Waals surface area contributed by atoms with Gasteiger partial charge in [-0.05, 0) is 41.0 Å². The molecule has 1 aromatic heterocycles. The maximum absolute atomic E-state index is 15.3. The van der Waals surface area contributed by atoms with Gasteiger partial charge in [-0.2, -0.15) is 0 Å². The zero-order valence-electron chi connectivity index (χ0n) is 36.1. The molecule has 0 bridgehead atoms. The zero-order chi connectivity index (χ0) is 45.5. The van der Waals surface area contributed by atoms with Crippen LogP contribution in [0.1, 0.15) is 30.5 Å². The number of carbonyl (C=O) groups is 2. The molecule has 13 heteroatoms. The van der Waals surface area contributed by atoms with Gasteiger partial charge in [-0.3, -0.25) is 14.4 Å². The monoisotopic (exact) mass is 882 g/mol. The first-order chi connectivity index (χ1) is 31.7. The molecule has 6 aromatic rings. The lowest BCUT2D eigenvalue weighted by atomic mass is 9.98. The molecule has 1 aliphatic heterocycles. The smallest absolute Gasteiger partial charge is 0.303 e. The lowest BCUT2D eigenvalue weighted by Gasteiger charge is -2.44. The summed E-state index contributed by atoms with van der Waals surface area (Å²) in [6, 6.07) is 39.0. The first-order valence-electron chi connectivity index (χ1n) is 21.0. The van der Waals surface area contributed by atoms with Crippen LogP contribution in [0.5, 0.6) is 23.0 Å². The second-order valence-corrected chi connectivity index (χ2v) is 15.0. The van der Waals surface area contributed by atoms with E-state index in [9.17, 15) is 9.59 Å². The van der Waals surface area contributed by atoms with Gasteiger partial charge in [0, 0.05) is 31.5 Å². The summed E-state index contributed by atoms with van der Waals surface area (Å²) in [6.07, 6.45) is -3.28. The van der Waals surface area contributed by atoms with Gasteiger partial charge in [-0.25, -0.2) is 0 Å². The highest BCUT2D eigenvalue weighted by atomic mass is 16.7. The van der Waals surface area contributed by atoms with Gasteiger partial charge in [0.1, 0.15) is 60.2 Å². The SMILES string of the molecule is C=CCOC[C@H]1O[C@@H](Oc2c(-c3ccc(OCc4ccccc4)cc3)oc3cc(OCc4ccccc4)cc(OCc4ccccc4)c3c2=O)[C@H](OC(C)=O)[C@@H](OCC=C)[C@@H]1OC(C)=O. The number of fused-ring (bicyclic) bond motifs is 1. The second-order valence-electron chi connectivity index (χ2n) is 15.0. The lowest BCUT2D eigenvalue weighted by molar-refractivity contribution is -0.292. The van der Waals surface area contributed by atoms with Crippen LogP contribution < -0.4 is 24.4 Å². The Balaban J connectivity index is 1.36. The highest BCUT2D eigenvalue weighted by molar-refractivity contribution is 5.88. The van der Waals surface area contributed by atoms with Crippen molar-refractivity contribution < 1.29 is 56.6 Å². The number of benzene rings is 5. The van der Waals surface area contributed by atoms with E-state index in [1.54, 1.807) is 42.5 Å². The average molecular weight is 883 g/mol. The first kappa shape index (κ1) is 45.8. The van der Waals surface area contributed by atoms with Crippen LogP contribution in [0.15, 0.2) is 162 Å². The molecule has 13 nitrogen and oxygen atoms in total. The molecule has 0 aliphatic carbocycles. The van der Waals surface area contributed by atoms with E-state index in [0.717, 1.165) is 16.7 Å². The van der Waals surface area contributed by atoms with Crippen molar-refractivity contribution in [2.24, 2.45) is 0 Å². The van der Waals surface area contributed by atoms with Crippen molar-refractivity contribution in [1.29, 1.82) is 0 Å². The van der Waals surface area contributed by atoms with Crippen molar-refractivity contribution in [2.45, 2.75) is 64.4 Å². The van der Waals surface area contributed by atoms with Crippen molar-refractivity contribution in [3.8, 4) is 34.3 Å². The Bertz CT molecular complexity index is 2580. The number of ether oxygens (including phenoxy) is 9. The van der Waals surface area contributed by atoms with E-state index in [4.69, 9.17) is 47.0 Å². The van der Waals surface area contributed by atoms with Gasteiger partial charge in [0.15, 0.2) is 18.0 Å². The fourth-order valence-electron chi connectivity index (χ4n) is 7.17. The lowest BCUT2D eigenvalue weighted by Crippen LogP contribution is -2.63. The minimum Gasteiger partial charge on any atom is -0.489 e. The van der Waals surface area contributed by atoms with E-state index >= 15 is 4.79 Å². The number of carbonyl (C=O) groups excluding carboxylic acids is 2. The van der Waals surface area contributed by atoms with Gasteiger partial charge in [-0.15, -0.1) is 13.2 Å². The molecule has 0 radical (unpaired) electrons. The molecule has 0 N–H and O–H groups in total. The molecule has 5 atom stereocenters. The fourth-order valence-corrected chi connectivity index (χ4v) is 7.17. The third-order valence-corrected chi connectivity index (χ3v) is 10.1. The minimum absolute atomic E-state index is 0.00151. The molecular formula is C52H50O13. The van der Waals surface area contributed by atoms with Crippen molar-refractivity contribution >= 4 is 22.9 Å². The molecule has 1 aliphatic rings. The van der Waals surface area contributed by atoms with Crippen molar-refractivity contribution in [2.75, 3.05) is 19.8 Å². The Morgan fingerprint density at radius 3 is 1.77 bits per heavy atom. The molecule has 336 valence electrons. The van der Waals surface area contributed by atoms with Gasteiger partial charge in [0.2, 0.25) is 17.5 Å². The molecule has 5 aromatic carbocycles. The van der Waals surface area contributed by atoms with Crippen LogP contribution in [0, 0.1) is 0 Å². The van der Waals surface area contributed by atoms with Gasteiger partial charge in [-0.1, -0.05) is 103 Å². The summed E-state index contributed by atoms with van der Waals surface area (Å²) < 4.78 is 62.0. The van der Waals surface area contributed by atoms with E-state index in [0.29, 0.717) is 23.7 Å². The van der Waals surface area contributed by atoms with Crippen LogP contribution in [0.4, 0.5) is 0 Å². The third kappa shape index (κ3) is 12.1. The Hall–Kier alpha value is -7.19. The van der Waals surface area contributed by atoms with Gasteiger partial charge < -0.3 is 47.0 Å². The Morgan fingerprint density at radius 1 is 0.646 bits per heavy atom. The Morgan fingerprint density at radius 2 is 1.20 bits per heavy atom. The van der Waals surface area contributed by atoms with Crippen LogP contribution >= 0.6 is 0 Å². The maximum Gasteiger partial charge on any atom is 0.303 e. The van der Waals surface area contributed by atoms with Gasteiger partial charge in [0.25, 0.3) is 0 Å². The summed E-state index contributed by atoms with van der Waals surface area (Å²) in [7, 11) is 0. The predicted molar refractivity (Wildman–Crippen MR) is 242 cm³/mol. The molecule has 0 unspecified atom stereocenters. The Labute approximate surface area is 376 Å². The normalized spacial score (nSPS) is 18.0. The van der Waals surface area contributed by atoms with Crippen LogP contribution in [0.25, 0.3) is 22.3 Å². The molecule has 1 fully saturated rings. The molecule has 0 amide bonds. The van der Waals surface area contributed by atoms with Crippen LogP contribution in [0.2, 0.25) is 0 Å². The summed E-state index contributed by atoms with van der Waals surface area (Å²) >= 11 is 0. The molecule has 0 spiro atoms. The highest BCUT2D eigenvalue weighted by Crippen LogP contribution is 2.40. The minimum atomic E-state index is -1.55. The zero-order valence-corrected chi connectivity index (χ0v) is 36.1. The third-order valence-electron chi connectivity index (χ3n) is 10.1. The van der Waals surface area contributed by atoms with Crippen molar-refractivity contribution in [3.63, 3.8) is 0 Å². The van der Waals surface area contributed by atoms with Crippen LogP contribution in [-0.4, -0.2) is 62.5 Å². The topological polar surface area (TPSA) is 147 Å². The number of esters is 2. The molecule has 7 rings (SSSR count). The van der Waals surface area contributed by atoms with E-state index in [1.807, 2.05) is 91.0 Å². The average Bonchev–Trinajstić information content (AvgIpc) is 3.32. The van der Waals surface area contributed by atoms with Gasteiger partial charge in [0.05, 0.1) is 19.8 Å². The van der Waals surface area contributed by atoms with E-state index in [2.05, 4.69) is 13.2 Å². The van der Waals surface area contributed by atoms with Gasteiger partial charge >= 0.3 is 11.9 Å². The van der Waals surface area contributed by atoms with E-state index < -0.39 is 48.1 Å². The fraction of sp³-hybridized carbons (Fsp3) is 0.250. The maximum atomic E-state index is 15.3. The van der Waals surface area contributed by atoms with E-state index in [1.165, 1.54) is 19.9 Å². The summed E-state index contributed by atoms with van der Waals surface area (Å²) in [5.41, 5.74) is 2.68. The second kappa shape index (κ2) is 22.4. The number of hydrogen-bond donors (Lipinski definition) is 0. The first-order valence-corrected chi connectivity index (χ1v) is 21.0. The Kier molecular flexibility index (Phi) is 15.8. The van der Waals surface area contributed by atoms with Crippen molar-refractivity contribution in [1.82, 2.24) is 0 Å². The highest BCUT2D eigenvalue weighted by Gasteiger charge is 2.52. The summed E-state index contributed by atoms with van der Waals surface area (Å²) in [4.78, 5) is 40.6. The van der Waals surface area contributed by atoms with Crippen LogP contribution in [0.3, 0.4) is 0 Å². The van der Waals surface area contributed by atoms with E-state index in [-0.39, 0.29) is 61.3 Å². The molecule has 2 heterocycles. The molecule has 65 heavy (non-hydrogen) atoms. The quantitative estimate of drug-likeness (QED) is 0.0385. The standard InChI is InChI=1S/C52H50O13/c1-5-26-56-33-44-48(61-34(3)53)50(57-27-6-2)51(62-35(4)54)52(64-44)65-49-46(55)45-42(60-32-38-20-14-9-15-21-38)28-41(59-31-37-18-12-8-13-19-37)29-43(45)63-47(49)39-22-24-40(25-23-39)58-30-36-16-10-7-11-17-36/h5-25,28-29,44,48,50-52H,1-2,26-27,30-33H2,3-4H3/t44-,48-,50+,51-,52+/m1/s1. The number of hydrogen-bond acceptors (Lipinski definition) is 13. The molecule has 1 saturated heterocycles. The largest absolute Gasteiger partial charge is 0.489 e. The predicted octanol–water partition coefficient (Wildman–Crippen LogP) is 8.94. The van der Waals surface area contributed by atoms with Crippen molar-refractivity contribution in [3.05, 3.63) is 180 Å². The summed E-state index contributed by atoms with van der Waals surface area (Å²) in [6.45, 7) is 10.5.